The first-order valence-corrected chi connectivity index (χ1v) is 13.7. The molecule has 0 spiro atoms. The quantitative estimate of drug-likeness (QED) is 0.459. The molecule has 192 valence electrons. The Hall–Kier alpha value is -2.78. The highest BCUT2D eigenvalue weighted by atomic mass is 35.5. The number of sulfonamides is 1. The van der Waals surface area contributed by atoms with Crippen LogP contribution >= 0.6 is 11.6 Å². The van der Waals surface area contributed by atoms with Crippen LogP contribution in [0.2, 0.25) is 5.02 Å². The highest BCUT2D eigenvalue weighted by Crippen LogP contribution is 2.30. The van der Waals surface area contributed by atoms with Gasteiger partial charge in [0.15, 0.2) is 0 Å². The van der Waals surface area contributed by atoms with Crippen LogP contribution in [-0.4, -0.2) is 63.7 Å². The van der Waals surface area contributed by atoms with Gasteiger partial charge >= 0.3 is 0 Å². The molecule has 35 heavy (non-hydrogen) atoms. The maximum Gasteiger partial charge on any atom is 0.244 e. The van der Waals surface area contributed by atoms with Crippen LogP contribution < -0.4 is 14.4 Å². The van der Waals surface area contributed by atoms with Crippen molar-refractivity contribution in [1.82, 2.24) is 10.2 Å². The Bertz CT molecular complexity index is 1110. The van der Waals surface area contributed by atoms with Crippen molar-refractivity contribution in [2.24, 2.45) is 0 Å². The summed E-state index contributed by atoms with van der Waals surface area (Å²) in [4.78, 5) is 27.8. The minimum atomic E-state index is -3.83. The summed E-state index contributed by atoms with van der Waals surface area (Å²) in [5, 5.41) is 3.12. The number of hydrogen-bond acceptors (Lipinski definition) is 5. The predicted molar refractivity (Wildman–Crippen MR) is 139 cm³/mol. The Balaban J connectivity index is 2.34. The van der Waals surface area contributed by atoms with E-state index in [1.54, 1.807) is 6.92 Å². The van der Waals surface area contributed by atoms with Crippen molar-refractivity contribution in [2.75, 3.05) is 30.8 Å². The third kappa shape index (κ3) is 8.14. The van der Waals surface area contributed by atoms with Crippen molar-refractivity contribution in [3.05, 3.63) is 59.1 Å². The number of rotatable bonds is 12. The van der Waals surface area contributed by atoms with E-state index in [0.717, 1.165) is 22.5 Å². The van der Waals surface area contributed by atoms with Crippen molar-refractivity contribution in [1.29, 1.82) is 0 Å². The topological polar surface area (TPSA) is 96.0 Å². The Morgan fingerprint density at radius 1 is 1.11 bits per heavy atom. The first-order chi connectivity index (χ1) is 16.5. The number of anilines is 1. The molecule has 0 aliphatic carbocycles. The summed E-state index contributed by atoms with van der Waals surface area (Å²) in [5.41, 5.74) is 1.23. The van der Waals surface area contributed by atoms with Gasteiger partial charge in [0.1, 0.15) is 18.3 Å². The lowest BCUT2D eigenvalue weighted by Gasteiger charge is -2.32. The van der Waals surface area contributed by atoms with Crippen molar-refractivity contribution in [3.63, 3.8) is 0 Å². The predicted octanol–water partition coefficient (Wildman–Crippen LogP) is 3.49. The number of hydrogen-bond donors (Lipinski definition) is 1. The van der Waals surface area contributed by atoms with Gasteiger partial charge in [0.2, 0.25) is 21.8 Å². The molecule has 0 aliphatic rings. The van der Waals surface area contributed by atoms with Gasteiger partial charge in [-0.15, -0.1) is 0 Å². The zero-order valence-corrected chi connectivity index (χ0v) is 22.4. The minimum absolute atomic E-state index is 0.0509. The molecule has 0 aliphatic heterocycles. The van der Waals surface area contributed by atoms with E-state index in [1.165, 1.54) is 30.2 Å². The Morgan fingerprint density at radius 2 is 1.77 bits per heavy atom. The second-order valence-electron chi connectivity index (χ2n) is 8.41. The van der Waals surface area contributed by atoms with Crippen LogP contribution in [0, 0.1) is 0 Å². The lowest BCUT2D eigenvalue weighted by molar-refractivity contribution is -0.139. The van der Waals surface area contributed by atoms with Crippen molar-refractivity contribution in [3.8, 4) is 5.75 Å². The number of halogens is 1. The van der Waals surface area contributed by atoms with Gasteiger partial charge in [0.25, 0.3) is 0 Å². The average Bonchev–Trinajstić information content (AvgIpc) is 2.82. The van der Waals surface area contributed by atoms with Crippen LogP contribution in [0.3, 0.4) is 0 Å². The summed E-state index contributed by atoms with van der Waals surface area (Å²) in [6.07, 6.45) is 2.28. The molecule has 2 aromatic carbocycles. The fraction of sp³-hybridized carbons (Fsp3) is 0.440. The average molecular weight is 524 g/mol. The number of methoxy groups -OCH3 is 1. The number of amides is 2. The summed E-state index contributed by atoms with van der Waals surface area (Å²) < 4.78 is 31.4. The Morgan fingerprint density at radius 3 is 2.31 bits per heavy atom. The molecule has 0 heterocycles. The summed E-state index contributed by atoms with van der Waals surface area (Å²) >= 11 is 6.20. The van der Waals surface area contributed by atoms with Crippen LogP contribution in [0.5, 0.6) is 5.75 Å². The second kappa shape index (κ2) is 12.8. The van der Waals surface area contributed by atoms with Gasteiger partial charge in [-0.05, 0) is 50.5 Å². The highest BCUT2D eigenvalue weighted by molar-refractivity contribution is 7.92. The number of nitrogens with zero attached hydrogens (tertiary/aromatic N) is 2. The molecule has 0 bridgehead atoms. The lowest BCUT2D eigenvalue weighted by Crippen LogP contribution is -2.53. The van der Waals surface area contributed by atoms with E-state index < -0.39 is 28.5 Å². The molecule has 0 unspecified atom stereocenters. The maximum absolute atomic E-state index is 13.5. The minimum Gasteiger partial charge on any atom is -0.495 e. The largest absolute Gasteiger partial charge is 0.495 e. The number of benzene rings is 2. The molecule has 10 heteroatoms. The van der Waals surface area contributed by atoms with Crippen molar-refractivity contribution >= 4 is 39.1 Å². The third-order valence-electron chi connectivity index (χ3n) is 5.76. The highest BCUT2D eigenvalue weighted by Gasteiger charge is 2.30. The molecule has 0 aromatic heterocycles. The second-order valence-corrected chi connectivity index (χ2v) is 10.7. The molecule has 2 amide bonds. The van der Waals surface area contributed by atoms with E-state index in [1.807, 2.05) is 44.2 Å². The zero-order chi connectivity index (χ0) is 26.2. The van der Waals surface area contributed by atoms with Gasteiger partial charge in [-0.25, -0.2) is 8.42 Å². The number of ether oxygens (including phenoxy) is 1. The van der Waals surface area contributed by atoms with E-state index in [2.05, 4.69) is 5.32 Å². The molecule has 0 radical (unpaired) electrons. The van der Waals surface area contributed by atoms with Gasteiger partial charge < -0.3 is 15.0 Å². The van der Waals surface area contributed by atoms with E-state index in [0.29, 0.717) is 12.2 Å². The summed E-state index contributed by atoms with van der Waals surface area (Å²) in [7, 11) is -2.38. The smallest absolute Gasteiger partial charge is 0.244 e. The number of carbonyl (C=O) groups is 2. The molecule has 0 saturated heterocycles. The van der Waals surface area contributed by atoms with Crippen LogP contribution in [0.4, 0.5) is 5.69 Å². The molecule has 2 aromatic rings. The molecule has 2 atom stereocenters. The zero-order valence-electron chi connectivity index (χ0n) is 20.8. The summed E-state index contributed by atoms with van der Waals surface area (Å²) in [5.74, 6) is -0.403. The molecule has 1 N–H and O–H groups in total. The molecule has 0 saturated carbocycles. The van der Waals surface area contributed by atoms with E-state index >= 15 is 0 Å². The van der Waals surface area contributed by atoms with Crippen LogP contribution in [0.25, 0.3) is 0 Å². The number of carbonyl (C=O) groups excluding carboxylic acids is 2. The third-order valence-corrected chi connectivity index (χ3v) is 7.19. The number of nitrogens with one attached hydrogen (secondary N) is 1. The van der Waals surface area contributed by atoms with Crippen LogP contribution in [0.15, 0.2) is 48.5 Å². The van der Waals surface area contributed by atoms with Crippen LogP contribution in [0.1, 0.15) is 32.8 Å². The Kier molecular flexibility index (Phi) is 10.4. The van der Waals surface area contributed by atoms with Gasteiger partial charge in [-0.1, -0.05) is 48.9 Å². The normalized spacial score (nSPS) is 13.0. The van der Waals surface area contributed by atoms with Crippen LogP contribution in [-0.2, 0) is 26.0 Å². The van der Waals surface area contributed by atoms with Crippen molar-refractivity contribution in [2.45, 2.75) is 45.7 Å². The van der Waals surface area contributed by atoms with Gasteiger partial charge in [0, 0.05) is 12.6 Å². The van der Waals surface area contributed by atoms with E-state index in [9.17, 15) is 18.0 Å². The first-order valence-electron chi connectivity index (χ1n) is 11.4. The Labute approximate surface area is 213 Å². The molecule has 8 nitrogen and oxygen atoms in total. The molecular weight excluding hydrogens is 490 g/mol. The first kappa shape index (κ1) is 28.5. The van der Waals surface area contributed by atoms with E-state index in [4.69, 9.17) is 16.3 Å². The van der Waals surface area contributed by atoms with E-state index in [-0.39, 0.29) is 29.2 Å². The van der Waals surface area contributed by atoms with Gasteiger partial charge in [-0.3, -0.25) is 13.9 Å². The monoisotopic (exact) mass is 523 g/mol. The van der Waals surface area contributed by atoms with Gasteiger partial charge in [0.05, 0.1) is 24.1 Å². The molecule has 2 rings (SSSR count). The summed E-state index contributed by atoms with van der Waals surface area (Å²) in [6, 6.07) is 13.2. The van der Waals surface area contributed by atoms with Gasteiger partial charge in [-0.2, -0.15) is 0 Å². The molecular formula is C25H34ClN3O5S. The lowest BCUT2D eigenvalue weighted by atomic mass is 10.1. The SMILES string of the molecule is CC[C@@H](C)NC(=O)[C@@H](C)N(CCc1ccccc1)C(=O)CN(c1ccc(OC)c(Cl)c1)S(C)(=O)=O. The maximum atomic E-state index is 13.5. The van der Waals surface area contributed by atoms with Crippen molar-refractivity contribution < 1.29 is 22.7 Å². The molecule has 0 fully saturated rings. The fourth-order valence-electron chi connectivity index (χ4n) is 3.46. The summed E-state index contributed by atoms with van der Waals surface area (Å²) in [6.45, 7) is 5.27. The fourth-order valence-corrected chi connectivity index (χ4v) is 4.55. The standard InChI is InChI=1S/C25H34ClN3O5S/c1-6-18(2)27-25(31)19(3)28(15-14-20-10-8-7-9-11-20)24(30)17-29(35(5,32)33)21-12-13-23(34-4)22(26)16-21/h7-13,16,18-19H,6,14-15,17H2,1-5H3,(H,27,31)/t18-,19-/m1/s1.